The maximum absolute atomic E-state index is 3.48. The maximum atomic E-state index is 3.48. The first-order valence-corrected chi connectivity index (χ1v) is 7.40. The Morgan fingerprint density at radius 3 is 2.81 bits per heavy atom. The lowest BCUT2D eigenvalue weighted by atomic mass is 10.3. The van der Waals surface area contributed by atoms with Crippen molar-refractivity contribution >= 4 is 27.3 Å². The Morgan fingerprint density at radius 1 is 1.50 bits per heavy atom. The molecule has 0 aromatic carbocycles. The number of hydrogen-bond acceptors (Lipinski definition) is 3. The molecule has 0 aliphatic heterocycles. The molecule has 0 saturated heterocycles. The van der Waals surface area contributed by atoms with Crippen LogP contribution in [-0.4, -0.2) is 31.1 Å². The van der Waals surface area contributed by atoms with E-state index < -0.39 is 0 Å². The van der Waals surface area contributed by atoms with Gasteiger partial charge in [0.2, 0.25) is 0 Å². The van der Waals surface area contributed by atoms with Gasteiger partial charge in [-0.15, -0.1) is 11.3 Å². The van der Waals surface area contributed by atoms with Crippen LogP contribution in [0.3, 0.4) is 0 Å². The Morgan fingerprint density at radius 2 is 2.25 bits per heavy atom. The summed E-state index contributed by atoms with van der Waals surface area (Å²) in [6.45, 7) is 7.68. The molecule has 0 spiro atoms. The van der Waals surface area contributed by atoms with Gasteiger partial charge in [-0.05, 0) is 48.6 Å². The van der Waals surface area contributed by atoms with Crippen molar-refractivity contribution in [2.75, 3.05) is 20.1 Å². The summed E-state index contributed by atoms with van der Waals surface area (Å²) >= 11 is 5.30. The van der Waals surface area contributed by atoms with E-state index in [1.54, 1.807) is 0 Å². The summed E-state index contributed by atoms with van der Waals surface area (Å²) in [7, 11) is 2.18. The van der Waals surface area contributed by atoms with Gasteiger partial charge in [-0.1, -0.05) is 13.8 Å². The van der Waals surface area contributed by atoms with Crippen LogP contribution in [0.1, 0.15) is 25.1 Å². The normalized spacial score (nSPS) is 11.6. The highest BCUT2D eigenvalue weighted by atomic mass is 79.9. The molecule has 0 aliphatic rings. The Bertz CT molecular complexity index is 299. The molecule has 0 fully saturated rings. The molecule has 0 atom stereocenters. The SMILES string of the molecule is CC(C)NCCCN(C)Cc1cc(Br)cs1. The Hall–Kier alpha value is 0.1000. The van der Waals surface area contributed by atoms with Gasteiger partial charge >= 0.3 is 0 Å². The summed E-state index contributed by atoms with van der Waals surface area (Å²) in [6, 6.07) is 2.80. The van der Waals surface area contributed by atoms with E-state index in [1.807, 2.05) is 11.3 Å². The van der Waals surface area contributed by atoms with Crippen LogP contribution >= 0.6 is 27.3 Å². The molecule has 0 saturated carbocycles. The zero-order valence-corrected chi connectivity index (χ0v) is 12.7. The molecular weight excluding hydrogens is 284 g/mol. The molecule has 1 heterocycles. The summed E-state index contributed by atoms with van der Waals surface area (Å²) in [4.78, 5) is 3.80. The van der Waals surface area contributed by atoms with Crippen LogP contribution in [0.25, 0.3) is 0 Å². The minimum atomic E-state index is 0.596. The molecule has 0 radical (unpaired) electrons. The van der Waals surface area contributed by atoms with Crippen molar-refractivity contribution in [2.24, 2.45) is 0 Å². The lowest BCUT2D eigenvalue weighted by Crippen LogP contribution is -2.27. The van der Waals surface area contributed by atoms with E-state index in [9.17, 15) is 0 Å². The molecule has 0 amide bonds. The molecule has 16 heavy (non-hydrogen) atoms. The summed E-state index contributed by atoms with van der Waals surface area (Å²) in [5.74, 6) is 0. The standard InChI is InChI=1S/C12H21BrN2S/c1-10(2)14-5-4-6-15(3)8-12-7-11(13)9-16-12/h7,9-10,14H,4-6,8H2,1-3H3. The second-order valence-electron chi connectivity index (χ2n) is 4.43. The van der Waals surface area contributed by atoms with Gasteiger partial charge in [-0.2, -0.15) is 0 Å². The Balaban J connectivity index is 2.13. The molecule has 1 aromatic heterocycles. The highest BCUT2D eigenvalue weighted by Crippen LogP contribution is 2.20. The fourth-order valence-electron chi connectivity index (χ4n) is 1.52. The largest absolute Gasteiger partial charge is 0.314 e. The van der Waals surface area contributed by atoms with E-state index in [1.165, 1.54) is 15.8 Å². The number of nitrogens with zero attached hydrogens (tertiary/aromatic N) is 1. The average molecular weight is 305 g/mol. The molecule has 0 unspecified atom stereocenters. The molecule has 1 N–H and O–H groups in total. The van der Waals surface area contributed by atoms with Crippen molar-refractivity contribution in [2.45, 2.75) is 32.9 Å². The first-order chi connectivity index (χ1) is 7.58. The third-order valence-corrected chi connectivity index (χ3v) is 4.00. The predicted molar refractivity (Wildman–Crippen MR) is 76.1 cm³/mol. The van der Waals surface area contributed by atoms with E-state index in [2.05, 4.69) is 58.5 Å². The van der Waals surface area contributed by atoms with Crippen LogP contribution in [-0.2, 0) is 6.54 Å². The van der Waals surface area contributed by atoms with Crippen LogP contribution < -0.4 is 5.32 Å². The number of nitrogens with one attached hydrogen (secondary N) is 1. The molecule has 0 aliphatic carbocycles. The van der Waals surface area contributed by atoms with E-state index in [0.717, 1.165) is 19.6 Å². The van der Waals surface area contributed by atoms with E-state index in [-0.39, 0.29) is 0 Å². The monoisotopic (exact) mass is 304 g/mol. The topological polar surface area (TPSA) is 15.3 Å². The molecule has 92 valence electrons. The number of hydrogen-bond donors (Lipinski definition) is 1. The molecule has 1 rings (SSSR count). The quantitative estimate of drug-likeness (QED) is 0.777. The summed E-state index contributed by atoms with van der Waals surface area (Å²) < 4.78 is 1.20. The maximum Gasteiger partial charge on any atom is 0.0325 e. The zero-order valence-electron chi connectivity index (χ0n) is 10.3. The van der Waals surface area contributed by atoms with Crippen LogP contribution in [0.5, 0.6) is 0 Å². The van der Waals surface area contributed by atoms with E-state index >= 15 is 0 Å². The minimum absolute atomic E-state index is 0.596. The van der Waals surface area contributed by atoms with Gasteiger partial charge in [0, 0.05) is 27.3 Å². The smallest absolute Gasteiger partial charge is 0.0325 e. The third-order valence-electron chi connectivity index (χ3n) is 2.32. The lowest BCUT2D eigenvalue weighted by Gasteiger charge is -2.16. The number of rotatable bonds is 7. The zero-order chi connectivity index (χ0) is 12.0. The number of halogens is 1. The van der Waals surface area contributed by atoms with Crippen molar-refractivity contribution in [3.63, 3.8) is 0 Å². The van der Waals surface area contributed by atoms with Gasteiger partial charge in [-0.25, -0.2) is 0 Å². The average Bonchev–Trinajstić information content (AvgIpc) is 2.58. The molecule has 2 nitrogen and oxygen atoms in total. The Kier molecular flexibility index (Phi) is 6.58. The third kappa shape index (κ3) is 5.99. The highest BCUT2D eigenvalue weighted by Gasteiger charge is 2.02. The van der Waals surface area contributed by atoms with Crippen molar-refractivity contribution in [1.82, 2.24) is 10.2 Å². The lowest BCUT2D eigenvalue weighted by molar-refractivity contribution is 0.320. The van der Waals surface area contributed by atoms with Crippen molar-refractivity contribution in [3.8, 4) is 0 Å². The molecule has 4 heteroatoms. The minimum Gasteiger partial charge on any atom is -0.314 e. The van der Waals surface area contributed by atoms with Crippen LogP contribution in [0, 0.1) is 0 Å². The summed E-state index contributed by atoms with van der Waals surface area (Å²) in [6.07, 6.45) is 1.21. The molecule has 0 bridgehead atoms. The first kappa shape index (κ1) is 14.2. The summed E-state index contributed by atoms with van der Waals surface area (Å²) in [5, 5.41) is 5.58. The fourth-order valence-corrected chi connectivity index (χ4v) is 3.05. The van der Waals surface area contributed by atoms with Crippen LogP contribution in [0.15, 0.2) is 15.9 Å². The van der Waals surface area contributed by atoms with Crippen molar-refractivity contribution in [1.29, 1.82) is 0 Å². The van der Waals surface area contributed by atoms with Gasteiger partial charge in [0.1, 0.15) is 0 Å². The van der Waals surface area contributed by atoms with Crippen LogP contribution in [0.2, 0.25) is 0 Å². The van der Waals surface area contributed by atoms with E-state index in [0.29, 0.717) is 6.04 Å². The fraction of sp³-hybridized carbons (Fsp3) is 0.667. The van der Waals surface area contributed by atoms with Crippen molar-refractivity contribution < 1.29 is 0 Å². The number of thiophene rings is 1. The second-order valence-corrected chi connectivity index (χ2v) is 6.34. The van der Waals surface area contributed by atoms with Gasteiger partial charge in [-0.3, -0.25) is 0 Å². The van der Waals surface area contributed by atoms with Gasteiger partial charge < -0.3 is 10.2 Å². The molecular formula is C12H21BrN2S. The summed E-state index contributed by atoms with van der Waals surface area (Å²) in [5.41, 5.74) is 0. The first-order valence-electron chi connectivity index (χ1n) is 5.72. The van der Waals surface area contributed by atoms with E-state index in [4.69, 9.17) is 0 Å². The predicted octanol–water partition coefficient (Wildman–Crippen LogP) is 3.33. The van der Waals surface area contributed by atoms with Gasteiger partial charge in [0.25, 0.3) is 0 Å². The molecule has 1 aromatic rings. The van der Waals surface area contributed by atoms with Crippen LogP contribution in [0.4, 0.5) is 0 Å². The van der Waals surface area contributed by atoms with Gasteiger partial charge in [0.05, 0.1) is 0 Å². The second kappa shape index (κ2) is 7.43. The van der Waals surface area contributed by atoms with Gasteiger partial charge in [0.15, 0.2) is 0 Å². The Labute approximate surface area is 111 Å². The highest BCUT2D eigenvalue weighted by molar-refractivity contribution is 9.10. The van der Waals surface area contributed by atoms with Crippen molar-refractivity contribution in [3.05, 3.63) is 20.8 Å².